The zero-order chi connectivity index (χ0) is 14.8. The van der Waals surface area contributed by atoms with Gasteiger partial charge < -0.3 is 9.84 Å². The van der Waals surface area contributed by atoms with Crippen LogP contribution in [0, 0.1) is 5.92 Å². The molecule has 0 aliphatic carbocycles. The Kier molecular flexibility index (Phi) is 4.26. The second-order valence-electron chi connectivity index (χ2n) is 6.48. The fourth-order valence-corrected chi connectivity index (χ4v) is 3.27. The third kappa shape index (κ3) is 3.44. The van der Waals surface area contributed by atoms with Gasteiger partial charge in [-0.2, -0.15) is 0 Å². The molecule has 3 heterocycles. The molecule has 0 saturated carbocycles. The molecule has 0 radical (unpaired) electrons. The Bertz CT molecular complexity index is 486. The van der Waals surface area contributed by atoms with Crippen LogP contribution in [-0.4, -0.2) is 48.2 Å². The van der Waals surface area contributed by atoms with Gasteiger partial charge in [-0.05, 0) is 31.2 Å². The summed E-state index contributed by atoms with van der Waals surface area (Å²) in [5.74, 6) is 1.41. The minimum absolute atomic E-state index is 0.0277. The van der Waals surface area contributed by atoms with Crippen LogP contribution >= 0.6 is 0 Å². The number of aromatic nitrogens is 1. The Morgan fingerprint density at radius 1 is 1.57 bits per heavy atom. The number of rotatable bonds is 4. The summed E-state index contributed by atoms with van der Waals surface area (Å²) in [5, 5.41) is 10.3. The van der Waals surface area contributed by atoms with Crippen LogP contribution in [0.25, 0.3) is 0 Å². The van der Waals surface area contributed by atoms with Gasteiger partial charge >= 0.3 is 0 Å². The topological polar surface area (TPSA) is 70.4 Å². The van der Waals surface area contributed by atoms with Gasteiger partial charge in [0.25, 0.3) is 0 Å². The average molecular weight is 292 g/mol. The van der Waals surface area contributed by atoms with Crippen LogP contribution in [-0.2, 0) is 4.79 Å². The Hall–Kier alpha value is -1.40. The zero-order valence-electron chi connectivity index (χ0n) is 12.8. The number of anilines is 1. The Morgan fingerprint density at radius 3 is 3.14 bits per heavy atom. The van der Waals surface area contributed by atoms with E-state index in [1.807, 2.05) is 13.8 Å². The third-order valence-corrected chi connectivity index (χ3v) is 4.42. The number of piperidine rings is 1. The highest BCUT2D eigenvalue weighted by molar-refractivity contribution is 5.91. The number of carbonyl (C=O) groups is 1. The second-order valence-corrected chi connectivity index (χ2v) is 6.48. The van der Waals surface area contributed by atoms with Gasteiger partial charge in [-0.1, -0.05) is 19.0 Å². The van der Waals surface area contributed by atoms with Crippen molar-refractivity contribution in [3.8, 4) is 0 Å². The SMILES string of the molecule is CC(C)c1cc(NC(=O)CN2CC3CCCNC3C2)on1. The molecule has 6 heteroatoms. The smallest absolute Gasteiger partial charge is 0.240 e. The molecule has 0 bridgehead atoms. The maximum atomic E-state index is 12.1. The molecule has 2 N–H and O–H groups in total. The molecule has 2 aliphatic rings. The van der Waals surface area contributed by atoms with Crippen molar-refractivity contribution in [1.29, 1.82) is 0 Å². The normalized spacial score (nSPS) is 26.0. The van der Waals surface area contributed by atoms with E-state index in [4.69, 9.17) is 4.52 Å². The van der Waals surface area contributed by atoms with Gasteiger partial charge in [-0.25, -0.2) is 0 Å². The molecule has 2 fully saturated rings. The van der Waals surface area contributed by atoms with Crippen LogP contribution in [0.4, 0.5) is 5.88 Å². The molecule has 2 saturated heterocycles. The van der Waals surface area contributed by atoms with Crippen molar-refractivity contribution in [3.63, 3.8) is 0 Å². The summed E-state index contributed by atoms with van der Waals surface area (Å²) >= 11 is 0. The lowest BCUT2D eigenvalue weighted by Crippen LogP contribution is -2.41. The number of carbonyl (C=O) groups excluding carboxylic acids is 1. The Balaban J connectivity index is 1.50. The molecule has 6 nitrogen and oxygen atoms in total. The summed E-state index contributed by atoms with van der Waals surface area (Å²) in [6, 6.07) is 2.36. The molecular formula is C15H24N4O2. The van der Waals surface area contributed by atoms with Crippen LogP contribution in [0.3, 0.4) is 0 Å². The molecule has 2 unspecified atom stereocenters. The number of hydrogen-bond donors (Lipinski definition) is 2. The number of likely N-dealkylation sites (tertiary alicyclic amines) is 1. The average Bonchev–Trinajstić information content (AvgIpc) is 3.04. The number of nitrogens with one attached hydrogen (secondary N) is 2. The molecule has 2 atom stereocenters. The van der Waals surface area contributed by atoms with Crippen LogP contribution in [0.2, 0.25) is 0 Å². The summed E-state index contributed by atoms with van der Waals surface area (Å²) in [6.07, 6.45) is 2.52. The van der Waals surface area contributed by atoms with E-state index in [0.717, 1.165) is 25.3 Å². The summed E-state index contributed by atoms with van der Waals surface area (Å²) in [4.78, 5) is 14.3. The van der Waals surface area contributed by atoms with Crippen molar-refractivity contribution in [2.75, 3.05) is 31.5 Å². The van der Waals surface area contributed by atoms with Crippen molar-refractivity contribution >= 4 is 11.8 Å². The minimum atomic E-state index is -0.0277. The van der Waals surface area contributed by atoms with Gasteiger partial charge in [0.15, 0.2) is 0 Å². The Labute approximate surface area is 125 Å². The largest absolute Gasteiger partial charge is 0.338 e. The van der Waals surface area contributed by atoms with Crippen LogP contribution in [0.5, 0.6) is 0 Å². The molecule has 116 valence electrons. The van der Waals surface area contributed by atoms with Crippen LogP contribution in [0.1, 0.15) is 38.3 Å². The van der Waals surface area contributed by atoms with Crippen LogP contribution < -0.4 is 10.6 Å². The van der Waals surface area contributed by atoms with E-state index >= 15 is 0 Å². The monoisotopic (exact) mass is 292 g/mol. The highest BCUT2D eigenvalue weighted by Gasteiger charge is 2.34. The number of amides is 1. The first-order valence-corrected chi connectivity index (χ1v) is 7.84. The molecule has 1 aromatic rings. The summed E-state index contributed by atoms with van der Waals surface area (Å²) in [5.41, 5.74) is 0.863. The summed E-state index contributed by atoms with van der Waals surface area (Å²) in [6.45, 7) is 7.60. The van der Waals surface area contributed by atoms with Crippen molar-refractivity contribution < 1.29 is 9.32 Å². The molecule has 1 amide bonds. The van der Waals surface area contributed by atoms with E-state index in [1.54, 1.807) is 6.07 Å². The summed E-state index contributed by atoms with van der Waals surface area (Å²) in [7, 11) is 0. The fourth-order valence-electron chi connectivity index (χ4n) is 3.27. The molecular weight excluding hydrogens is 268 g/mol. The van der Waals surface area contributed by atoms with Crippen molar-refractivity contribution in [2.24, 2.45) is 5.92 Å². The maximum absolute atomic E-state index is 12.1. The predicted octanol–water partition coefficient (Wildman–Crippen LogP) is 1.42. The van der Waals surface area contributed by atoms with E-state index in [0.29, 0.717) is 30.3 Å². The van der Waals surface area contributed by atoms with Crippen molar-refractivity contribution in [3.05, 3.63) is 11.8 Å². The maximum Gasteiger partial charge on any atom is 0.240 e. The number of nitrogens with zero attached hydrogens (tertiary/aromatic N) is 2. The molecule has 1 aromatic heterocycles. The first kappa shape index (κ1) is 14.5. The number of hydrogen-bond acceptors (Lipinski definition) is 5. The summed E-state index contributed by atoms with van der Waals surface area (Å²) < 4.78 is 5.14. The second kappa shape index (κ2) is 6.15. The van der Waals surface area contributed by atoms with Gasteiger partial charge in [0.2, 0.25) is 11.8 Å². The predicted molar refractivity (Wildman–Crippen MR) is 80.2 cm³/mol. The highest BCUT2D eigenvalue weighted by atomic mass is 16.5. The van der Waals surface area contributed by atoms with E-state index in [9.17, 15) is 4.79 Å². The van der Waals surface area contributed by atoms with E-state index in [-0.39, 0.29) is 5.91 Å². The standard InChI is InChI=1S/C15H24N4O2/c1-10(2)12-6-15(21-18-12)17-14(20)9-19-7-11-4-3-5-16-13(11)8-19/h6,10-11,13,16H,3-5,7-9H2,1-2H3,(H,17,20). The van der Waals surface area contributed by atoms with Gasteiger partial charge in [-0.15, -0.1) is 0 Å². The van der Waals surface area contributed by atoms with Crippen LogP contribution in [0.15, 0.2) is 10.6 Å². The van der Waals surface area contributed by atoms with Gasteiger partial charge in [-0.3, -0.25) is 15.0 Å². The fraction of sp³-hybridized carbons (Fsp3) is 0.733. The zero-order valence-corrected chi connectivity index (χ0v) is 12.8. The molecule has 2 aliphatic heterocycles. The Morgan fingerprint density at radius 2 is 2.43 bits per heavy atom. The minimum Gasteiger partial charge on any atom is -0.338 e. The van der Waals surface area contributed by atoms with Gasteiger partial charge in [0.1, 0.15) is 0 Å². The van der Waals surface area contributed by atoms with E-state index in [2.05, 4.69) is 20.7 Å². The first-order valence-electron chi connectivity index (χ1n) is 7.84. The number of fused-ring (bicyclic) bond motifs is 1. The van der Waals surface area contributed by atoms with Gasteiger partial charge in [0, 0.05) is 25.2 Å². The molecule has 0 spiro atoms. The lowest BCUT2D eigenvalue weighted by molar-refractivity contribution is -0.117. The van der Waals surface area contributed by atoms with Crippen molar-refractivity contribution in [2.45, 2.75) is 38.6 Å². The molecule has 3 rings (SSSR count). The third-order valence-electron chi connectivity index (χ3n) is 4.42. The molecule has 21 heavy (non-hydrogen) atoms. The highest BCUT2D eigenvalue weighted by Crippen LogP contribution is 2.24. The lowest BCUT2D eigenvalue weighted by atomic mass is 9.94. The van der Waals surface area contributed by atoms with E-state index in [1.165, 1.54) is 12.8 Å². The van der Waals surface area contributed by atoms with Gasteiger partial charge in [0.05, 0.1) is 12.2 Å². The van der Waals surface area contributed by atoms with E-state index < -0.39 is 0 Å². The van der Waals surface area contributed by atoms with Crippen molar-refractivity contribution in [1.82, 2.24) is 15.4 Å². The first-order chi connectivity index (χ1) is 10.1. The quantitative estimate of drug-likeness (QED) is 0.878. The molecule has 0 aromatic carbocycles. The lowest BCUT2D eigenvalue weighted by Gasteiger charge is -2.24.